The fourth-order valence-electron chi connectivity index (χ4n) is 2.28. The minimum atomic E-state index is -0.242. The van der Waals surface area contributed by atoms with Crippen molar-refractivity contribution in [2.75, 3.05) is 26.0 Å². The molecule has 2 rings (SSSR count). The van der Waals surface area contributed by atoms with E-state index in [9.17, 15) is 9.59 Å². The van der Waals surface area contributed by atoms with Crippen LogP contribution < -0.4 is 10.1 Å². The molecule has 0 heterocycles. The molecule has 0 spiro atoms. The second-order valence-electron chi connectivity index (χ2n) is 6.23. The van der Waals surface area contributed by atoms with Crippen molar-refractivity contribution < 1.29 is 14.3 Å². The minimum absolute atomic E-state index is 0.0832. The Morgan fingerprint density at radius 3 is 2.42 bits per heavy atom. The minimum Gasteiger partial charge on any atom is -0.484 e. The molecule has 0 atom stereocenters. The molecule has 0 saturated heterocycles. The number of rotatable bonds is 7. The lowest BCUT2D eigenvalue weighted by atomic mass is 10.1. The molecule has 0 unspecified atom stereocenters. The Labute approximate surface area is 158 Å². The maximum atomic E-state index is 12.0. The lowest BCUT2D eigenvalue weighted by Gasteiger charge is -2.11. The molecule has 0 bridgehead atoms. The predicted molar refractivity (Wildman–Crippen MR) is 104 cm³/mol. The van der Waals surface area contributed by atoms with E-state index in [1.165, 1.54) is 0 Å². The van der Waals surface area contributed by atoms with Crippen LogP contribution in [0.3, 0.4) is 0 Å². The number of halogens is 1. The third kappa shape index (κ3) is 6.08. The molecule has 0 radical (unpaired) electrons. The van der Waals surface area contributed by atoms with E-state index in [0.29, 0.717) is 29.3 Å². The highest BCUT2D eigenvalue weighted by Crippen LogP contribution is 2.21. The molecule has 0 fully saturated rings. The van der Waals surface area contributed by atoms with Crippen molar-refractivity contribution in [3.8, 4) is 5.75 Å². The third-order valence-electron chi connectivity index (χ3n) is 3.86. The molecule has 0 aliphatic carbocycles. The van der Waals surface area contributed by atoms with Crippen LogP contribution in [0.5, 0.6) is 5.75 Å². The number of hydrogen-bond donors (Lipinski definition) is 1. The summed E-state index contributed by atoms with van der Waals surface area (Å²) < 4.78 is 5.47. The molecule has 2 aromatic carbocycles. The summed E-state index contributed by atoms with van der Waals surface area (Å²) in [6.45, 7) is 1.79. The van der Waals surface area contributed by atoms with Gasteiger partial charge in [0.25, 0.3) is 5.91 Å². The molecule has 138 valence electrons. The zero-order chi connectivity index (χ0) is 19.1. The Morgan fingerprint density at radius 1 is 1.12 bits per heavy atom. The van der Waals surface area contributed by atoms with E-state index in [2.05, 4.69) is 5.32 Å². The molecule has 2 aromatic rings. The molecule has 0 aliphatic rings. The van der Waals surface area contributed by atoms with Gasteiger partial charge in [-0.3, -0.25) is 9.59 Å². The molecule has 0 saturated carbocycles. The van der Waals surface area contributed by atoms with Crippen LogP contribution in [0.25, 0.3) is 0 Å². The number of ether oxygens (including phenoxy) is 1. The Balaban J connectivity index is 1.81. The highest BCUT2D eigenvalue weighted by Gasteiger charge is 2.07. The van der Waals surface area contributed by atoms with Gasteiger partial charge in [-0.05, 0) is 54.8 Å². The van der Waals surface area contributed by atoms with Gasteiger partial charge in [0.05, 0.1) is 0 Å². The van der Waals surface area contributed by atoms with E-state index < -0.39 is 0 Å². The van der Waals surface area contributed by atoms with Crippen molar-refractivity contribution >= 4 is 29.1 Å². The van der Waals surface area contributed by atoms with Crippen molar-refractivity contribution in [2.45, 2.75) is 19.8 Å². The molecule has 6 heteroatoms. The average Bonchev–Trinajstić information content (AvgIpc) is 2.61. The first-order valence-electron chi connectivity index (χ1n) is 8.33. The van der Waals surface area contributed by atoms with Gasteiger partial charge in [0.2, 0.25) is 5.91 Å². The molecular weight excluding hydrogens is 352 g/mol. The van der Waals surface area contributed by atoms with E-state index in [-0.39, 0.29) is 18.4 Å². The number of anilines is 1. The quantitative estimate of drug-likeness (QED) is 0.804. The normalized spacial score (nSPS) is 10.3. The van der Waals surface area contributed by atoms with E-state index in [1.807, 2.05) is 31.2 Å². The van der Waals surface area contributed by atoms with Crippen LogP contribution >= 0.6 is 11.6 Å². The Hall–Kier alpha value is -2.53. The van der Waals surface area contributed by atoms with Crippen molar-refractivity contribution in [2.24, 2.45) is 0 Å². The van der Waals surface area contributed by atoms with Gasteiger partial charge in [-0.1, -0.05) is 23.7 Å². The molecule has 0 aliphatic heterocycles. The number of amides is 2. The Kier molecular flexibility index (Phi) is 7.04. The van der Waals surface area contributed by atoms with Crippen LogP contribution in [0.1, 0.15) is 17.5 Å². The monoisotopic (exact) mass is 374 g/mol. The zero-order valence-electron chi connectivity index (χ0n) is 15.2. The van der Waals surface area contributed by atoms with Gasteiger partial charge in [0.1, 0.15) is 5.75 Å². The van der Waals surface area contributed by atoms with E-state index in [4.69, 9.17) is 16.3 Å². The van der Waals surface area contributed by atoms with Gasteiger partial charge in [-0.15, -0.1) is 0 Å². The van der Waals surface area contributed by atoms with Crippen LogP contribution in [-0.2, 0) is 16.0 Å². The second kappa shape index (κ2) is 9.25. The van der Waals surface area contributed by atoms with Crippen LogP contribution in [0.4, 0.5) is 5.69 Å². The molecule has 5 nitrogen and oxygen atoms in total. The number of nitrogens with one attached hydrogen (secondary N) is 1. The second-order valence-corrected chi connectivity index (χ2v) is 6.64. The summed E-state index contributed by atoms with van der Waals surface area (Å²) in [5.74, 6) is 0.452. The van der Waals surface area contributed by atoms with Gasteiger partial charge in [-0.25, -0.2) is 0 Å². The van der Waals surface area contributed by atoms with Crippen LogP contribution in [-0.4, -0.2) is 37.4 Å². The zero-order valence-corrected chi connectivity index (χ0v) is 16.0. The smallest absolute Gasteiger partial charge is 0.262 e. The third-order valence-corrected chi connectivity index (χ3v) is 4.29. The first-order chi connectivity index (χ1) is 12.3. The van der Waals surface area contributed by atoms with Crippen molar-refractivity contribution in [3.63, 3.8) is 0 Å². The summed E-state index contributed by atoms with van der Waals surface area (Å²) in [6.07, 6.45) is 1.14. The molecular formula is C20H23ClN2O3. The molecule has 1 N–H and O–H groups in total. The topological polar surface area (TPSA) is 58.6 Å². The van der Waals surface area contributed by atoms with E-state index in [1.54, 1.807) is 37.2 Å². The summed E-state index contributed by atoms with van der Waals surface area (Å²) >= 11 is 5.96. The molecule has 26 heavy (non-hydrogen) atoms. The van der Waals surface area contributed by atoms with Crippen LogP contribution in [0, 0.1) is 6.92 Å². The number of aryl methyl sites for hydroxylation is 2. The van der Waals surface area contributed by atoms with Gasteiger partial charge >= 0.3 is 0 Å². The van der Waals surface area contributed by atoms with Gasteiger partial charge in [-0.2, -0.15) is 0 Å². The van der Waals surface area contributed by atoms with E-state index >= 15 is 0 Å². The number of hydrogen-bond acceptors (Lipinski definition) is 3. The highest BCUT2D eigenvalue weighted by atomic mass is 35.5. The van der Waals surface area contributed by atoms with Gasteiger partial charge < -0.3 is 15.0 Å². The molecule has 0 aromatic heterocycles. The number of benzene rings is 2. The predicted octanol–water partition coefficient (Wildman–Crippen LogP) is 3.69. The van der Waals surface area contributed by atoms with Crippen LogP contribution in [0.2, 0.25) is 5.02 Å². The van der Waals surface area contributed by atoms with Crippen molar-refractivity contribution in [1.29, 1.82) is 0 Å². The first-order valence-corrected chi connectivity index (χ1v) is 8.71. The Bertz CT molecular complexity index is 773. The lowest BCUT2D eigenvalue weighted by molar-refractivity contribution is -0.128. The average molecular weight is 375 g/mol. The fourth-order valence-corrected chi connectivity index (χ4v) is 2.40. The number of carbonyl (C=O) groups excluding carboxylic acids is 2. The Morgan fingerprint density at radius 2 is 1.81 bits per heavy atom. The fraction of sp³-hybridized carbons (Fsp3) is 0.300. The van der Waals surface area contributed by atoms with Crippen LogP contribution in [0.15, 0.2) is 42.5 Å². The lowest BCUT2D eigenvalue weighted by Crippen LogP contribution is -2.21. The van der Waals surface area contributed by atoms with Gasteiger partial charge in [0, 0.05) is 31.2 Å². The van der Waals surface area contributed by atoms with Crippen molar-refractivity contribution in [1.82, 2.24) is 4.90 Å². The summed E-state index contributed by atoms with van der Waals surface area (Å²) in [7, 11) is 3.49. The van der Waals surface area contributed by atoms with Crippen molar-refractivity contribution in [3.05, 3.63) is 58.6 Å². The van der Waals surface area contributed by atoms with E-state index in [0.717, 1.165) is 11.1 Å². The first kappa shape index (κ1) is 19.8. The van der Waals surface area contributed by atoms with Gasteiger partial charge in [0.15, 0.2) is 6.61 Å². The number of carbonyl (C=O) groups is 2. The summed E-state index contributed by atoms with van der Waals surface area (Å²) in [5.41, 5.74) is 2.63. The standard InChI is InChI=1S/C20H23ClN2O3/c1-14-12-17(9-10-18(14)21)26-13-19(24)22-16-7-4-15(5-8-16)6-11-20(25)23(2)3/h4-5,7-10,12H,6,11,13H2,1-3H3,(H,22,24). The highest BCUT2D eigenvalue weighted by molar-refractivity contribution is 6.31. The summed E-state index contributed by atoms with van der Waals surface area (Å²) in [6, 6.07) is 12.7. The summed E-state index contributed by atoms with van der Waals surface area (Å²) in [4.78, 5) is 25.2. The summed E-state index contributed by atoms with van der Waals surface area (Å²) in [5, 5.41) is 3.44. The SMILES string of the molecule is Cc1cc(OCC(=O)Nc2ccc(CCC(=O)N(C)C)cc2)ccc1Cl. The maximum Gasteiger partial charge on any atom is 0.262 e. The maximum absolute atomic E-state index is 12.0. The molecule has 2 amide bonds. The number of nitrogens with zero attached hydrogens (tertiary/aromatic N) is 1. The largest absolute Gasteiger partial charge is 0.484 e.